The monoisotopic (exact) mass is 315 g/mol. The van der Waals surface area contributed by atoms with Gasteiger partial charge in [0.25, 0.3) is 0 Å². The molecule has 1 aliphatic heterocycles. The highest BCUT2D eigenvalue weighted by Gasteiger charge is 2.29. The SMILES string of the molecule is CCN1CCN(C(CN)c2ccc(Br)o2)CC1C. The van der Waals surface area contributed by atoms with E-state index >= 15 is 0 Å². The van der Waals surface area contributed by atoms with Crippen LogP contribution in [0, 0.1) is 0 Å². The zero-order chi connectivity index (χ0) is 13.1. The first kappa shape index (κ1) is 14.1. The van der Waals surface area contributed by atoms with Crippen molar-refractivity contribution in [3.8, 4) is 0 Å². The van der Waals surface area contributed by atoms with E-state index in [2.05, 4.69) is 39.6 Å². The predicted molar refractivity (Wildman–Crippen MR) is 76.5 cm³/mol. The normalized spacial score (nSPS) is 24.3. The maximum atomic E-state index is 5.93. The third-order valence-electron chi connectivity index (χ3n) is 3.79. The van der Waals surface area contributed by atoms with E-state index in [1.807, 2.05) is 12.1 Å². The van der Waals surface area contributed by atoms with Gasteiger partial charge in [-0.15, -0.1) is 0 Å². The molecule has 2 heterocycles. The number of piperazine rings is 1. The van der Waals surface area contributed by atoms with Crippen LogP contribution in [0.4, 0.5) is 0 Å². The molecule has 0 amide bonds. The summed E-state index contributed by atoms with van der Waals surface area (Å²) in [7, 11) is 0. The van der Waals surface area contributed by atoms with Crippen molar-refractivity contribution in [3.63, 3.8) is 0 Å². The number of nitrogens with zero attached hydrogens (tertiary/aromatic N) is 2. The van der Waals surface area contributed by atoms with Crippen LogP contribution in [0.25, 0.3) is 0 Å². The Labute approximate surface area is 117 Å². The maximum absolute atomic E-state index is 5.93. The van der Waals surface area contributed by atoms with Gasteiger partial charge in [0.05, 0.1) is 6.04 Å². The lowest BCUT2D eigenvalue weighted by atomic mass is 10.1. The van der Waals surface area contributed by atoms with E-state index < -0.39 is 0 Å². The molecule has 0 saturated carbocycles. The fourth-order valence-corrected chi connectivity index (χ4v) is 3.05. The minimum Gasteiger partial charge on any atom is -0.453 e. The van der Waals surface area contributed by atoms with Gasteiger partial charge in [0, 0.05) is 32.2 Å². The molecule has 1 saturated heterocycles. The highest BCUT2D eigenvalue weighted by molar-refractivity contribution is 9.10. The first-order chi connectivity index (χ1) is 8.65. The summed E-state index contributed by atoms with van der Waals surface area (Å²) < 4.78 is 6.43. The lowest BCUT2D eigenvalue weighted by Gasteiger charge is -2.42. The second-order valence-corrected chi connectivity index (χ2v) is 5.65. The molecule has 0 radical (unpaired) electrons. The van der Waals surface area contributed by atoms with E-state index in [1.54, 1.807) is 0 Å². The molecule has 2 unspecified atom stereocenters. The number of furan rings is 1. The predicted octanol–water partition coefficient (Wildman–Crippen LogP) is 2.07. The molecule has 0 spiro atoms. The van der Waals surface area contributed by atoms with Crippen molar-refractivity contribution in [1.82, 2.24) is 9.80 Å². The molecule has 1 fully saturated rings. The van der Waals surface area contributed by atoms with Crippen LogP contribution in [0.3, 0.4) is 0 Å². The summed E-state index contributed by atoms with van der Waals surface area (Å²) in [4.78, 5) is 4.93. The van der Waals surface area contributed by atoms with Crippen LogP contribution < -0.4 is 5.73 Å². The second kappa shape index (κ2) is 6.19. The summed E-state index contributed by atoms with van der Waals surface area (Å²) in [6, 6.07) is 4.72. The van der Waals surface area contributed by atoms with Crippen LogP contribution in [0.15, 0.2) is 21.2 Å². The third kappa shape index (κ3) is 2.96. The minimum atomic E-state index is 0.192. The summed E-state index contributed by atoms with van der Waals surface area (Å²) in [5.74, 6) is 0.960. The van der Waals surface area contributed by atoms with Crippen molar-refractivity contribution in [2.24, 2.45) is 5.73 Å². The molecule has 102 valence electrons. The van der Waals surface area contributed by atoms with Crippen molar-refractivity contribution in [2.75, 3.05) is 32.7 Å². The summed E-state index contributed by atoms with van der Waals surface area (Å²) >= 11 is 3.35. The first-order valence-corrected chi connectivity index (χ1v) is 7.38. The Morgan fingerprint density at radius 2 is 2.28 bits per heavy atom. The number of hydrogen-bond acceptors (Lipinski definition) is 4. The summed E-state index contributed by atoms with van der Waals surface area (Å²) in [5.41, 5.74) is 5.93. The molecule has 1 aliphatic rings. The van der Waals surface area contributed by atoms with Crippen molar-refractivity contribution in [3.05, 3.63) is 22.6 Å². The number of nitrogens with two attached hydrogens (primary N) is 1. The van der Waals surface area contributed by atoms with E-state index in [1.165, 1.54) is 0 Å². The molecule has 2 rings (SSSR count). The first-order valence-electron chi connectivity index (χ1n) is 6.59. The largest absolute Gasteiger partial charge is 0.453 e. The van der Waals surface area contributed by atoms with Crippen molar-refractivity contribution in [1.29, 1.82) is 0 Å². The summed E-state index contributed by atoms with van der Waals surface area (Å²) in [6.45, 7) is 9.42. The van der Waals surface area contributed by atoms with E-state index in [9.17, 15) is 0 Å². The number of halogens is 1. The van der Waals surface area contributed by atoms with Gasteiger partial charge >= 0.3 is 0 Å². The quantitative estimate of drug-likeness (QED) is 0.924. The van der Waals surface area contributed by atoms with Crippen molar-refractivity contribution >= 4 is 15.9 Å². The molecular formula is C13H22BrN3O. The number of likely N-dealkylation sites (N-methyl/N-ethyl adjacent to an activating group) is 1. The molecule has 4 nitrogen and oxygen atoms in total. The van der Waals surface area contributed by atoms with Gasteiger partial charge in [-0.3, -0.25) is 9.80 Å². The molecule has 1 aromatic rings. The zero-order valence-electron chi connectivity index (χ0n) is 11.1. The Morgan fingerprint density at radius 3 is 2.78 bits per heavy atom. The van der Waals surface area contributed by atoms with Crippen molar-refractivity contribution in [2.45, 2.75) is 25.9 Å². The van der Waals surface area contributed by atoms with Gasteiger partial charge in [-0.05, 0) is 41.5 Å². The van der Waals surface area contributed by atoms with Gasteiger partial charge in [-0.1, -0.05) is 6.92 Å². The Hall–Kier alpha value is -0.360. The molecule has 5 heteroatoms. The second-order valence-electron chi connectivity index (χ2n) is 4.87. The van der Waals surface area contributed by atoms with Crippen LogP contribution >= 0.6 is 15.9 Å². The maximum Gasteiger partial charge on any atom is 0.169 e. The van der Waals surface area contributed by atoms with Crippen LogP contribution in [0.2, 0.25) is 0 Å². The minimum absolute atomic E-state index is 0.192. The highest BCUT2D eigenvalue weighted by atomic mass is 79.9. The lowest BCUT2D eigenvalue weighted by Crippen LogP contribution is -2.53. The third-order valence-corrected chi connectivity index (χ3v) is 4.22. The average Bonchev–Trinajstić information content (AvgIpc) is 2.77. The Kier molecular flexibility index (Phi) is 4.84. The Balaban J connectivity index is 2.06. The van der Waals surface area contributed by atoms with Crippen molar-refractivity contribution < 1.29 is 4.42 Å². The van der Waals surface area contributed by atoms with Gasteiger partial charge in [-0.2, -0.15) is 0 Å². The smallest absolute Gasteiger partial charge is 0.169 e. The summed E-state index contributed by atoms with van der Waals surface area (Å²) in [6.07, 6.45) is 0. The van der Waals surface area contributed by atoms with Crippen LogP contribution in [-0.2, 0) is 0 Å². The molecule has 1 aromatic heterocycles. The highest BCUT2D eigenvalue weighted by Crippen LogP contribution is 2.26. The van der Waals surface area contributed by atoms with Gasteiger partial charge in [0.1, 0.15) is 5.76 Å². The zero-order valence-corrected chi connectivity index (χ0v) is 12.7. The fraction of sp³-hybridized carbons (Fsp3) is 0.692. The molecule has 2 atom stereocenters. The number of hydrogen-bond donors (Lipinski definition) is 1. The van der Waals surface area contributed by atoms with E-state index in [0.717, 1.165) is 36.6 Å². The van der Waals surface area contributed by atoms with Gasteiger partial charge in [0.15, 0.2) is 4.67 Å². The fourth-order valence-electron chi connectivity index (χ4n) is 2.73. The topological polar surface area (TPSA) is 45.6 Å². The van der Waals surface area contributed by atoms with Gasteiger partial charge in [0.2, 0.25) is 0 Å². The van der Waals surface area contributed by atoms with E-state index in [4.69, 9.17) is 10.2 Å². The molecular weight excluding hydrogens is 294 g/mol. The number of rotatable bonds is 4. The Morgan fingerprint density at radius 1 is 1.50 bits per heavy atom. The van der Waals surface area contributed by atoms with Crippen LogP contribution in [0.5, 0.6) is 0 Å². The van der Waals surface area contributed by atoms with Crippen LogP contribution in [-0.4, -0.2) is 48.6 Å². The van der Waals surface area contributed by atoms with Gasteiger partial charge in [-0.25, -0.2) is 0 Å². The molecule has 0 bridgehead atoms. The standard InChI is InChI=1S/C13H22BrN3O/c1-3-16-6-7-17(9-10(16)2)11(8-15)12-4-5-13(14)18-12/h4-5,10-11H,3,6-9,15H2,1-2H3. The van der Waals surface area contributed by atoms with E-state index in [-0.39, 0.29) is 6.04 Å². The lowest BCUT2D eigenvalue weighted by molar-refractivity contribution is 0.0538. The summed E-state index contributed by atoms with van der Waals surface area (Å²) in [5, 5.41) is 0. The Bertz CT molecular complexity index is 382. The average molecular weight is 316 g/mol. The molecule has 0 aromatic carbocycles. The molecule has 0 aliphatic carbocycles. The van der Waals surface area contributed by atoms with Gasteiger partial charge < -0.3 is 10.2 Å². The van der Waals surface area contributed by atoms with Crippen LogP contribution in [0.1, 0.15) is 25.6 Å². The molecule has 18 heavy (non-hydrogen) atoms. The van der Waals surface area contributed by atoms with E-state index in [0.29, 0.717) is 12.6 Å². The molecule has 2 N–H and O–H groups in total.